The summed E-state index contributed by atoms with van der Waals surface area (Å²) in [7, 11) is 4.84. The van der Waals surface area contributed by atoms with Gasteiger partial charge in [-0.25, -0.2) is 0 Å². The summed E-state index contributed by atoms with van der Waals surface area (Å²) in [6.45, 7) is 0. The number of hydrogen-bond acceptors (Lipinski definition) is 4. The lowest BCUT2D eigenvalue weighted by atomic mass is 9.92. The number of fused-ring (bicyclic) bond motifs is 1. The first-order chi connectivity index (χ1) is 10.7. The van der Waals surface area contributed by atoms with Crippen LogP contribution in [0.4, 0.5) is 0 Å². The number of hydrogen-bond donors (Lipinski definition) is 0. The van der Waals surface area contributed by atoms with Crippen LogP contribution < -0.4 is 14.2 Å². The van der Waals surface area contributed by atoms with Gasteiger partial charge in [-0.1, -0.05) is 12.1 Å². The summed E-state index contributed by atoms with van der Waals surface area (Å²) in [5.41, 5.74) is 2.71. The van der Waals surface area contributed by atoms with E-state index in [1.807, 2.05) is 30.3 Å². The summed E-state index contributed by atoms with van der Waals surface area (Å²) in [5.74, 6) is 2.26. The molecule has 0 heterocycles. The van der Waals surface area contributed by atoms with E-state index in [0.717, 1.165) is 16.9 Å². The van der Waals surface area contributed by atoms with Crippen molar-refractivity contribution in [3.8, 4) is 17.2 Å². The summed E-state index contributed by atoms with van der Waals surface area (Å²) in [4.78, 5) is 12.4. The van der Waals surface area contributed by atoms with Crippen molar-refractivity contribution in [1.82, 2.24) is 0 Å². The van der Waals surface area contributed by atoms with Crippen LogP contribution in [0.15, 0.2) is 36.4 Å². The smallest absolute Gasteiger partial charge is 0.164 e. The van der Waals surface area contributed by atoms with Crippen LogP contribution in [0, 0.1) is 0 Å². The molecule has 0 radical (unpaired) electrons. The number of carbonyl (C=O) groups excluding carboxylic acids is 1. The summed E-state index contributed by atoms with van der Waals surface area (Å²) in [6, 6.07) is 11.4. The van der Waals surface area contributed by atoms with Gasteiger partial charge in [0.15, 0.2) is 5.78 Å². The second-order valence-corrected chi connectivity index (χ2v) is 5.24. The largest absolute Gasteiger partial charge is 0.497 e. The molecule has 0 saturated heterocycles. The van der Waals surface area contributed by atoms with Gasteiger partial charge in [0, 0.05) is 29.5 Å². The zero-order chi connectivity index (χ0) is 15.7. The molecular formula is C18H18O4. The number of benzene rings is 2. The van der Waals surface area contributed by atoms with E-state index in [0.29, 0.717) is 23.5 Å². The molecule has 1 aliphatic carbocycles. The molecule has 0 aliphatic heterocycles. The Hall–Kier alpha value is -2.49. The third-order valence-corrected chi connectivity index (χ3v) is 4.13. The molecule has 4 heteroatoms. The number of ketones is 1. The zero-order valence-corrected chi connectivity index (χ0v) is 12.9. The molecule has 0 aromatic heterocycles. The van der Waals surface area contributed by atoms with E-state index < -0.39 is 0 Å². The van der Waals surface area contributed by atoms with Gasteiger partial charge >= 0.3 is 0 Å². The van der Waals surface area contributed by atoms with Crippen LogP contribution in [0.5, 0.6) is 17.2 Å². The molecule has 0 saturated carbocycles. The molecule has 114 valence electrons. The standard InChI is InChI=1S/C18H18O4/c1-20-12-6-4-11(5-7-12)14-10-16(19)15-8-13(21-2)9-17(22-3)18(14)15/h4-9,14H,10H2,1-3H3/t14-/m1/s1. The minimum atomic E-state index is 0.00858. The van der Waals surface area contributed by atoms with Crippen molar-refractivity contribution in [2.24, 2.45) is 0 Å². The molecule has 3 rings (SSSR count). The van der Waals surface area contributed by atoms with Crippen molar-refractivity contribution in [3.63, 3.8) is 0 Å². The highest BCUT2D eigenvalue weighted by atomic mass is 16.5. The Kier molecular flexibility index (Phi) is 3.75. The van der Waals surface area contributed by atoms with E-state index >= 15 is 0 Å². The Bertz CT molecular complexity index is 704. The highest BCUT2D eigenvalue weighted by Crippen LogP contribution is 2.45. The van der Waals surface area contributed by atoms with E-state index in [1.165, 1.54) is 0 Å². The number of Topliss-reactive ketones (excluding diaryl/α,β-unsaturated/α-hetero) is 1. The minimum Gasteiger partial charge on any atom is -0.497 e. The normalized spacial score (nSPS) is 16.3. The van der Waals surface area contributed by atoms with Gasteiger partial charge in [-0.05, 0) is 23.8 Å². The van der Waals surface area contributed by atoms with Crippen LogP contribution >= 0.6 is 0 Å². The maximum Gasteiger partial charge on any atom is 0.164 e. The third kappa shape index (κ3) is 2.30. The quantitative estimate of drug-likeness (QED) is 0.867. The summed E-state index contributed by atoms with van der Waals surface area (Å²) in [5, 5.41) is 0. The number of methoxy groups -OCH3 is 3. The van der Waals surface area contributed by atoms with Gasteiger partial charge in [-0.2, -0.15) is 0 Å². The topological polar surface area (TPSA) is 44.8 Å². The highest BCUT2D eigenvalue weighted by Gasteiger charge is 2.34. The molecule has 2 aromatic carbocycles. The summed E-state index contributed by atoms with van der Waals surface area (Å²) in [6.07, 6.45) is 0.450. The second-order valence-electron chi connectivity index (χ2n) is 5.24. The lowest BCUT2D eigenvalue weighted by Gasteiger charge is -2.16. The molecule has 4 nitrogen and oxygen atoms in total. The lowest BCUT2D eigenvalue weighted by Crippen LogP contribution is -2.00. The molecule has 2 aromatic rings. The fourth-order valence-corrected chi connectivity index (χ4v) is 3.00. The van der Waals surface area contributed by atoms with Crippen molar-refractivity contribution in [2.45, 2.75) is 12.3 Å². The summed E-state index contributed by atoms with van der Waals surface area (Å²) >= 11 is 0. The molecule has 0 amide bonds. The fraction of sp³-hybridized carbons (Fsp3) is 0.278. The molecule has 0 N–H and O–H groups in total. The Morgan fingerprint density at radius 3 is 2.18 bits per heavy atom. The van der Waals surface area contributed by atoms with Crippen molar-refractivity contribution < 1.29 is 19.0 Å². The average molecular weight is 298 g/mol. The van der Waals surface area contributed by atoms with E-state index in [2.05, 4.69) is 0 Å². The molecule has 0 fully saturated rings. The average Bonchev–Trinajstić information content (AvgIpc) is 2.91. The molecule has 0 spiro atoms. The van der Waals surface area contributed by atoms with Gasteiger partial charge < -0.3 is 14.2 Å². The predicted octanol–water partition coefficient (Wildman–Crippen LogP) is 3.43. The van der Waals surface area contributed by atoms with E-state index in [9.17, 15) is 4.79 Å². The van der Waals surface area contributed by atoms with Gasteiger partial charge in [-0.15, -0.1) is 0 Å². The van der Waals surface area contributed by atoms with Gasteiger partial charge in [0.1, 0.15) is 17.2 Å². The molecule has 22 heavy (non-hydrogen) atoms. The van der Waals surface area contributed by atoms with Crippen molar-refractivity contribution in [1.29, 1.82) is 0 Å². The Morgan fingerprint density at radius 1 is 0.909 bits per heavy atom. The predicted molar refractivity (Wildman–Crippen MR) is 83.3 cm³/mol. The van der Waals surface area contributed by atoms with Gasteiger partial charge in [0.05, 0.1) is 21.3 Å². The second kappa shape index (κ2) is 5.72. The van der Waals surface area contributed by atoms with E-state index in [4.69, 9.17) is 14.2 Å². The van der Waals surface area contributed by atoms with Gasteiger partial charge in [0.2, 0.25) is 0 Å². The van der Waals surface area contributed by atoms with Crippen LogP contribution in [-0.2, 0) is 0 Å². The number of carbonyl (C=O) groups is 1. The lowest BCUT2D eigenvalue weighted by molar-refractivity contribution is 0.0991. The highest BCUT2D eigenvalue weighted by molar-refractivity contribution is 6.03. The van der Waals surface area contributed by atoms with Crippen molar-refractivity contribution in [3.05, 3.63) is 53.1 Å². The van der Waals surface area contributed by atoms with Crippen LogP contribution in [0.3, 0.4) is 0 Å². The van der Waals surface area contributed by atoms with Crippen LogP contribution in [0.25, 0.3) is 0 Å². The first kappa shape index (κ1) is 14.4. The maximum atomic E-state index is 12.4. The molecule has 1 atom stereocenters. The fourth-order valence-electron chi connectivity index (χ4n) is 3.00. The molecule has 0 unspecified atom stereocenters. The Morgan fingerprint density at radius 2 is 1.59 bits per heavy atom. The minimum absolute atomic E-state index is 0.00858. The number of rotatable bonds is 4. The molecular weight excluding hydrogens is 280 g/mol. The first-order valence-corrected chi connectivity index (χ1v) is 7.11. The third-order valence-electron chi connectivity index (χ3n) is 4.13. The molecule has 1 aliphatic rings. The van der Waals surface area contributed by atoms with Gasteiger partial charge in [-0.3, -0.25) is 4.79 Å². The summed E-state index contributed by atoms with van der Waals surface area (Å²) < 4.78 is 15.9. The van der Waals surface area contributed by atoms with Crippen LogP contribution in [0.2, 0.25) is 0 Å². The SMILES string of the molecule is COc1ccc([C@H]2CC(=O)c3cc(OC)cc(OC)c32)cc1. The Balaban J connectivity index is 2.09. The van der Waals surface area contributed by atoms with Gasteiger partial charge in [0.25, 0.3) is 0 Å². The van der Waals surface area contributed by atoms with Crippen LogP contribution in [0.1, 0.15) is 33.8 Å². The zero-order valence-electron chi connectivity index (χ0n) is 12.9. The monoisotopic (exact) mass is 298 g/mol. The molecule has 0 bridgehead atoms. The van der Waals surface area contributed by atoms with E-state index in [-0.39, 0.29) is 11.7 Å². The maximum absolute atomic E-state index is 12.4. The first-order valence-electron chi connectivity index (χ1n) is 7.11. The Labute approximate surface area is 129 Å². The van der Waals surface area contributed by atoms with Crippen LogP contribution in [-0.4, -0.2) is 27.1 Å². The van der Waals surface area contributed by atoms with Crippen molar-refractivity contribution >= 4 is 5.78 Å². The van der Waals surface area contributed by atoms with E-state index in [1.54, 1.807) is 27.4 Å². The number of ether oxygens (including phenoxy) is 3. The van der Waals surface area contributed by atoms with Crippen molar-refractivity contribution in [2.75, 3.05) is 21.3 Å².